The van der Waals surface area contributed by atoms with Gasteiger partial charge in [-0.1, -0.05) is 91.8 Å². The summed E-state index contributed by atoms with van der Waals surface area (Å²) < 4.78 is 42.7. The standard InChI is InChI=1S/C79H95N17O17S2/c1-9-27-81-76(108)86-51-18-14-20-54(33-51)115(110,111)94-52-19-13-17-47(32-52)58(36-66(99)100)92-77(109)85-49-23-25-50(26-24-49)87-78(114)83-39-65(98)95-28-15-22-62(95)72(104)91-59(29-43(3)4)69(101)82-38-64(97)88-60(30-44(5)6)70(102)90-61(34-53-37-80-42-84-53)71(103)93-67(45(7)8)74(106)113-79(10-2)56-35-63-68-48(31-46-16-11-12-21-57(46)89-68)40-96(63)73(105)55(56)41-112-75(79)107/h11-14,16-21,23-26,31-33,35,37,42-45,58-62,67,94H,9-10,15,22,27-30,34,36,38-41H2,1-8H3,(H,80,84)(H,82,101)(H,88,97)(H,90,102)(H,91,104)(H,93,103)(H,99,100)(H2,81,86,108)(H2,83,87,114)(H2,85,92,109)/t58?,59-,60+,61+,62+,67+,79+/m0/s1. The molecular weight excluding hydrogens is 1520 g/mol. The number of thiocarbonyl (C=S) groups is 1. The molecule has 1 fully saturated rings. The number of pyridine rings is 2. The Morgan fingerprint density at radius 2 is 1.41 bits per heavy atom. The summed E-state index contributed by atoms with van der Waals surface area (Å²) in [6.45, 7) is 13.5. The first kappa shape index (κ1) is 85.1. The minimum Gasteiger partial charge on any atom is -0.481 e. The lowest BCUT2D eigenvalue weighted by atomic mass is 9.85. The minimum atomic E-state index is -4.21. The molecule has 0 bridgehead atoms. The van der Waals surface area contributed by atoms with Gasteiger partial charge in [0.2, 0.25) is 41.0 Å². The second-order valence-electron chi connectivity index (χ2n) is 29.4. The topological polar surface area (TPSA) is 472 Å². The lowest BCUT2D eigenvalue weighted by Crippen LogP contribution is -2.59. The van der Waals surface area contributed by atoms with Gasteiger partial charge in [-0.25, -0.2) is 37.6 Å². The number of aliphatic carboxylic acids is 1. The number of carbonyl (C=O) groups is 11. The van der Waals surface area contributed by atoms with Crippen molar-refractivity contribution in [2.45, 2.75) is 167 Å². The predicted octanol–water partition coefficient (Wildman–Crippen LogP) is 6.05. The normalized spacial score (nSPS) is 16.0. The summed E-state index contributed by atoms with van der Waals surface area (Å²) in [5.74, 6) is -8.50. The first-order valence-corrected chi connectivity index (χ1v) is 39.7. The number of carboxylic acids is 1. The maximum absolute atomic E-state index is 14.7. The highest BCUT2D eigenvalue weighted by Gasteiger charge is 2.52. The fourth-order valence-electron chi connectivity index (χ4n) is 13.7. The number of aromatic amines is 1. The van der Waals surface area contributed by atoms with Crippen LogP contribution in [0.3, 0.4) is 0 Å². The molecule has 0 saturated carbocycles. The number of hydrogen-bond donors (Lipinski definition) is 14. The first-order valence-electron chi connectivity index (χ1n) is 37.9. The molecule has 0 radical (unpaired) electrons. The molecular formula is C79H95N17O17S2. The summed E-state index contributed by atoms with van der Waals surface area (Å²) in [6, 6.07) is 20.0. The van der Waals surface area contributed by atoms with Crippen LogP contribution in [0.4, 0.5) is 32.3 Å². The van der Waals surface area contributed by atoms with Gasteiger partial charge in [0, 0.05) is 65.0 Å². The van der Waals surface area contributed by atoms with E-state index in [1.807, 2.05) is 51.1 Å². The Kier molecular flexibility index (Phi) is 28.1. The Morgan fingerprint density at radius 1 is 0.722 bits per heavy atom. The number of carboxylic acid groups (broad SMARTS) is 1. The zero-order chi connectivity index (χ0) is 83.0. The summed E-state index contributed by atoms with van der Waals surface area (Å²) in [4.78, 5) is 179. The van der Waals surface area contributed by atoms with Gasteiger partial charge in [0.25, 0.3) is 15.6 Å². The fourth-order valence-corrected chi connectivity index (χ4v) is 15.0. The summed E-state index contributed by atoms with van der Waals surface area (Å²) >= 11 is 5.49. The van der Waals surface area contributed by atoms with E-state index in [4.69, 9.17) is 26.7 Å². The largest absolute Gasteiger partial charge is 0.481 e. The predicted molar refractivity (Wildman–Crippen MR) is 429 cm³/mol. The zero-order valence-electron chi connectivity index (χ0n) is 64.7. The van der Waals surface area contributed by atoms with Gasteiger partial charge in [-0.3, -0.25) is 43.1 Å². The average molecular weight is 1620 g/mol. The van der Waals surface area contributed by atoms with Crippen molar-refractivity contribution in [3.63, 3.8) is 0 Å². The third kappa shape index (κ3) is 21.7. The molecule has 3 aliphatic rings. The Hall–Kier alpha value is -12.3. The van der Waals surface area contributed by atoms with Gasteiger partial charge in [-0.05, 0) is 147 Å². The average Bonchev–Trinajstić information content (AvgIpc) is 1.63. The van der Waals surface area contributed by atoms with Crippen LogP contribution in [0.1, 0.15) is 134 Å². The third-order valence-electron chi connectivity index (χ3n) is 19.4. The van der Waals surface area contributed by atoms with Crippen LogP contribution in [0, 0.1) is 17.8 Å². The van der Waals surface area contributed by atoms with E-state index >= 15 is 0 Å². The van der Waals surface area contributed by atoms with E-state index in [9.17, 15) is 71.1 Å². The van der Waals surface area contributed by atoms with Gasteiger partial charge < -0.3 is 87.5 Å². The van der Waals surface area contributed by atoms with E-state index in [0.29, 0.717) is 47.7 Å². The molecule has 36 heteroatoms. The number of benzene rings is 4. The second-order valence-corrected chi connectivity index (χ2v) is 31.5. The molecule has 6 heterocycles. The highest BCUT2D eigenvalue weighted by molar-refractivity contribution is 7.92. The number of nitrogens with zero attached hydrogens (tertiary/aromatic N) is 4. The van der Waals surface area contributed by atoms with Crippen LogP contribution < -0.4 is 68.8 Å². The number of hydrogen-bond acceptors (Lipinski definition) is 19. The van der Waals surface area contributed by atoms with E-state index in [0.717, 1.165) is 10.9 Å². The third-order valence-corrected chi connectivity index (χ3v) is 21.1. The summed E-state index contributed by atoms with van der Waals surface area (Å²) in [7, 11) is -4.21. The number of nitrogens with one attached hydrogen (secondary N) is 13. The van der Waals surface area contributed by atoms with Crippen molar-refractivity contribution in [1.82, 2.24) is 67.0 Å². The summed E-state index contributed by atoms with van der Waals surface area (Å²) in [5.41, 5.74) is 1.74. The minimum absolute atomic E-state index is 0.0293. The molecule has 0 aliphatic carbocycles. The number of para-hydroxylation sites is 1. The number of rotatable bonds is 34. The highest BCUT2D eigenvalue weighted by Crippen LogP contribution is 2.42. The first-order chi connectivity index (χ1) is 54.8. The molecule has 14 N–H and O–H groups in total. The quantitative estimate of drug-likeness (QED) is 0.0161. The van der Waals surface area contributed by atoms with Crippen molar-refractivity contribution >= 4 is 126 Å². The molecule has 10 rings (SSSR count). The van der Waals surface area contributed by atoms with E-state index in [1.54, 1.807) is 57.4 Å². The van der Waals surface area contributed by atoms with Crippen molar-refractivity contribution in [3.05, 3.63) is 160 Å². The van der Waals surface area contributed by atoms with Crippen LogP contribution in [-0.4, -0.2) is 165 Å². The molecule has 115 heavy (non-hydrogen) atoms. The van der Waals surface area contributed by atoms with Crippen LogP contribution in [0.5, 0.6) is 0 Å². The van der Waals surface area contributed by atoms with E-state index in [1.165, 1.54) is 78.1 Å². The molecule has 7 atom stereocenters. The van der Waals surface area contributed by atoms with Gasteiger partial charge in [0.1, 0.15) is 36.8 Å². The number of carbonyl (C=O) groups excluding carboxylic acids is 10. The second kappa shape index (κ2) is 38.0. The maximum atomic E-state index is 14.7. The number of aromatic nitrogens is 4. The van der Waals surface area contributed by atoms with Crippen molar-refractivity contribution in [3.8, 4) is 11.4 Å². The van der Waals surface area contributed by atoms with Crippen molar-refractivity contribution in [1.29, 1.82) is 0 Å². The van der Waals surface area contributed by atoms with Crippen molar-refractivity contribution in [2.75, 3.05) is 46.9 Å². The summed E-state index contributed by atoms with van der Waals surface area (Å²) in [5, 5.41) is 40.5. The lowest BCUT2D eigenvalue weighted by molar-refractivity contribution is -0.191. The molecule has 1 unspecified atom stereocenters. The smallest absolute Gasteiger partial charge is 0.355 e. The molecule has 10 amide bonds. The molecule has 4 aromatic carbocycles. The molecule has 1 saturated heterocycles. The SMILES string of the molecule is CCCNC(=O)Nc1cccc(S(=O)(=O)Nc2cccc(C(CC(=O)O)NC(=O)Nc3ccc(NC(=S)NCC(=O)N4CCC[C@@H]4C(=O)N[C@@H](CC(C)C)C(=O)NCC(=O)N[C@H](CC(C)C)C(=O)N[C@H](Cc4c[nH]cn4)C(=O)N[C@@H](C(=O)O[C@@]4(CC)C(=O)OCc5c4cc4n(c5=O)Cc5cc6ccccc6nc5-4)C(C)C)cc3)c2)c1. The van der Waals surface area contributed by atoms with Gasteiger partial charge in [-0.15, -0.1) is 0 Å². The number of likely N-dealkylation sites (tertiary alicyclic amines) is 1. The highest BCUT2D eigenvalue weighted by atomic mass is 32.2. The number of anilines is 4. The van der Waals surface area contributed by atoms with Gasteiger partial charge in [-0.2, -0.15) is 0 Å². The van der Waals surface area contributed by atoms with E-state index in [-0.39, 0.29) is 114 Å². The number of cyclic esters (lactones) is 1. The number of amides is 10. The number of fused-ring (bicyclic) bond motifs is 5. The maximum Gasteiger partial charge on any atom is 0.355 e. The van der Waals surface area contributed by atoms with Crippen LogP contribution in [0.25, 0.3) is 22.3 Å². The van der Waals surface area contributed by atoms with Crippen molar-refractivity contribution < 1.29 is 75.7 Å². The number of H-pyrrole nitrogens is 1. The Labute approximate surface area is 668 Å². The number of imidazole rings is 1. The van der Waals surface area contributed by atoms with E-state index in [2.05, 4.69) is 73.2 Å². The molecule has 34 nitrogen and oxygen atoms in total. The molecule has 0 spiro atoms. The van der Waals surface area contributed by atoms with Crippen LogP contribution >= 0.6 is 12.2 Å². The van der Waals surface area contributed by atoms with Gasteiger partial charge in [0.15, 0.2) is 5.11 Å². The number of ether oxygens (including phenoxy) is 2. The van der Waals surface area contributed by atoms with Crippen molar-refractivity contribution in [2.24, 2.45) is 17.8 Å². The molecule has 7 aromatic rings. The zero-order valence-corrected chi connectivity index (χ0v) is 66.4. The number of esters is 2. The molecule has 610 valence electrons. The van der Waals surface area contributed by atoms with Crippen LogP contribution in [0.2, 0.25) is 0 Å². The lowest BCUT2D eigenvalue weighted by Gasteiger charge is -2.37. The number of sulfonamides is 1. The Morgan fingerprint density at radius 3 is 2.10 bits per heavy atom. The van der Waals surface area contributed by atoms with Crippen LogP contribution in [0.15, 0.2) is 131 Å². The fraction of sp³-hybridized carbons (Fsp3) is 0.405. The number of urea groups is 2. The Balaban J connectivity index is 0.701. The molecule has 3 aliphatic heterocycles. The summed E-state index contributed by atoms with van der Waals surface area (Å²) in [6.07, 6.45) is 3.57. The van der Waals surface area contributed by atoms with E-state index < -0.39 is 142 Å². The van der Waals surface area contributed by atoms with Crippen LogP contribution in [-0.2, 0) is 87.8 Å². The van der Waals surface area contributed by atoms with Gasteiger partial charge in [0.05, 0.1) is 71.5 Å². The monoisotopic (exact) mass is 1620 g/mol. The Bertz CT molecular complexity index is 5020. The van der Waals surface area contributed by atoms with Gasteiger partial charge >= 0.3 is 30.0 Å². The molecule has 3 aromatic heterocycles.